The van der Waals surface area contributed by atoms with Crippen LogP contribution in [-0.2, 0) is 18.0 Å². The lowest BCUT2D eigenvalue weighted by molar-refractivity contribution is -0.732. The van der Waals surface area contributed by atoms with E-state index in [4.69, 9.17) is 4.74 Å². The van der Waals surface area contributed by atoms with Gasteiger partial charge in [0, 0.05) is 12.4 Å². The molecule has 0 spiro atoms. The predicted molar refractivity (Wildman–Crippen MR) is 54.6 cm³/mol. The van der Waals surface area contributed by atoms with Crippen molar-refractivity contribution in [1.29, 1.82) is 0 Å². The van der Waals surface area contributed by atoms with E-state index >= 15 is 0 Å². The summed E-state index contributed by atoms with van der Waals surface area (Å²) in [5, 5.41) is 0. The van der Waals surface area contributed by atoms with E-state index in [1.165, 1.54) is 0 Å². The molecule has 0 aromatic carbocycles. The molecule has 3 nitrogen and oxygen atoms in total. The Labute approximate surface area is 83.7 Å². The van der Waals surface area contributed by atoms with Gasteiger partial charge < -0.3 is 4.74 Å². The van der Waals surface area contributed by atoms with Crippen LogP contribution in [0.3, 0.4) is 0 Å². The Balaban J connectivity index is 2.34. The number of thioether (sulfide) groups is 1. The van der Waals surface area contributed by atoms with Crippen LogP contribution < -0.4 is 4.57 Å². The van der Waals surface area contributed by atoms with Crippen LogP contribution in [0.5, 0.6) is 0 Å². The van der Waals surface area contributed by atoms with Gasteiger partial charge >= 0.3 is 0 Å². The molecule has 1 heterocycles. The molecule has 0 radical (unpaired) electrons. The van der Waals surface area contributed by atoms with Gasteiger partial charge in [0.25, 0.3) is 0 Å². The standard InChI is InChI=1S/C9H17N2OS/c1-3-12-9-11-5-4-10(8-11)6-7-13-2/h4-5,8H,3,6-7,9H2,1-2H3/q+1. The molecule has 4 heteroatoms. The lowest BCUT2D eigenvalue weighted by Gasteiger charge is -1.95. The molecular weight excluding hydrogens is 184 g/mol. The predicted octanol–water partition coefficient (Wildman–Crippen LogP) is 1.13. The number of imidazole rings is 1. The van der Waals surface area contributed by atoms with E-state index in [1.54, 1.807) is 0 Å². The van der Waals surface area contributed by atoms with Crippen molar-refractivity contribution in [1.82, 2.24) is 4.57 Å². The van der Waals surface area contributed by atoms with Gasteiger partial charge in [-0.3, -0.25) is 0 Å². The van der Waals surface area contributed by atoms with Gasteiger partial charge in [-0.25, -0.2) is 9.13 Å². The van der Waals surface area contributed by atoms with Crippen molar-refractivity contribution < 1.29 is 9.30 Å². The minimum atomic E-state index is 0.656. The summed E-state index contributed by atoms with van der Waals surface area (Å²) in [4.78, 5) is 0. The maximum Gasteiger partial charge on any atom is 0.245 e. The fourth-order valence-corrected chi connectivity index (χ4v) is 1.43. The monoisotopic (exact) mass is 201 g/mol. The van der Waals surface area contributed by atoms with Crippen LogP contribution in [-0.4, -0.2) is 23.2 Å². The third kappa shape index (κ3) is 3.83. The molecular formula is C9H17N2OS+. The van der Waals surface area contributed by atoms with Gasteiger partial charge in [0.15, 0.2) is 6.73 Å². The molecule has 0 aliphatic rings. The first-order valence-electron chi connectivity index (χ1n) is 4.48. The molecule has 0 bridgehead atoms. The highest BCUT2D eigenvalue weighted by Gasteiger charge is 2.01. The Morgan fingerprint density at radius 3 is 3.08 bits per heavy atom. The smallest absolute Gasteiger partial charge is 0.245 e. The van der Waals surface area contributed by atoms with Crippen molar-refractivity contribution in [2.75, 3.05) is 18.6 Å². The van der Waals surface area contributed by atoms with Crippen LogP contribution in [0.1, 0.15) is 6.92 Å². The van der Waals surface area contributed by atoms with Crippen LogP contribution in [0.2, 0.25) is 0 Å². The van der Waals surface area contributed by atoms with Gasteiger partial charge in [0.05, 0.1) is 6.54 Å². The molecule has 0 aliphatic carbocycles. The van der Waals surface area contributed by atoms with Gasteiger partial charge in [0.2, 0.25) is 6.33 Å². The van der Waals surface area contributed by atoms with Crippen molar-refractivity contribution in [3.05, 3.63) is 18.7 Å². The first-order chi connectivity index (χ1) is 6.36. The average molecular weight is 201 g/mol. The van der Waals surface area contributed by atoms with Crippen LogP contribution in [0.25, 0.3) is 0 Å². The zero-order valence-corrected chi connectivity index (χ0v) is 9.09. The molecule has 0 unspecified atom stereocenters. The Kier molecular flexibility index (Phi) is 4.93. The summed E-state index contributed by atoms with van der Waals surface area (Å²) in [6, 6.07) is 0. The summed E-state index contributed by atoms with van der Waals surface area (Å²) in [7, 11) is 0. The van der Waals surface area contributed by atoms with Crippen LogP contribution in [0, 0.1) is 0 Å². The minimum Gasteiger partial charge on any atom is -0.342 e. The van der Waals surface area contributed by atoms with E-state index in [9.17, 15) is 0 Å². The third-order valence-electron chi connectivity index (χ3n) is 1.74. The molecule has 0 fully saturated rings. The Morgan fingerprint density at radius 1 is 1.54 bits per heavy atom. The third-order valence-corrected chi connectivity index (χ3v) is 2.34. The number of hydrogen-bond donors (Lipinski definition) is 0. The molecule has 13 heavy (non-hydrogen) atoms. The maximum absolute atomic E-state index is 5.28. The second kappa shape index (κ2) is 6.05. The van der Waals surface area contributed by atoms with Crippen molar-refractivity contribution in [2.45, 2.75) is 20.2 Å². The quantitative estimate of drug-likeness (QED) is 0.642. The topological polar surface area (TPSA) is 18.0 Å². The van der Waals surface area contributed by atoms with Crippen molar-refractivity contribution >= 4 is 11.8 Å². The molecule has 1 aromatic heterocycles. The highest BCUT2D eigenvalue weighted by molar-refractivity contribution is 7.98. The van der Waals surface area contributed by atoms with E-state index in [2.05, 4.69) is 23.3 Å². The van der Waals surface area contributed by atoms with Crippen LogP contribution in [0.4, 0.5) is 0 Å². The summed E-state index contributed by atoms with van der Waals surface area (Å²) in [5.74, 6) is 1.16. The number of ether oxygens (including phenoxy) is 1. The number of rotatable bonds is 6. The highest BCUT2D eigenvalue weighted by Crippen LogP contribution is 1.94. The largest absolute Gasteiger partial charge is 0.342 e. The first-order valence-corrected chi connectivity index (χ1v) is 5.87. The molecule has 0 saturated heterocycles. The molecule has 0 saturated carbocycles. The number of nitrogens with zero attached hydrogens (tertiary/aromatic N) is 2. The molecule has 0 atom stereocenters. The summed E-state index contributed by atoms with van der Waals surface area (Å²) in [5.41, 5.74) is 0. The van der Waals surface area contributed by atoms with E-state index < -0.39 is 0 Å². The molecule has 1 rings (SSSR count). The van der Waals surface area contributed by atoms with E-state index in [0.29, 0.717) is 6.73 Å². The second-order valence-corrected chi connectivity index (χ2v) is 3.77. The van der Waals surface area contributed by atoms with Crippen LogP contribution >= 0.6 is 11.8 Å². The van der Waals surface area contributed by atoms with Crippen molar-refractivity contribution in [2.24, 2.45) is 0 Å². The molecule has 1 aromatic rings. The lowest BCUT2D eigenvalue weighted by atomic mass is 10.7. The van der Waals surface area contributed by atoms with Crippen molar-refractivity contribution in [3.8, 4) is 0 Å². The van der Waals surface area contributed by atoms with E-state index in [0.717, 1.165) is 18.9 Å². The van der Waals surface area contributed by atoms with Gasteiger partial charge in [-0.05, 0) is 13.2 Å². The molecule has 74 valence electrons. The fourth-order valence-electron chi connectivity index (χ4n) is 1.04. The van der Waals surface area contributed by atoms with Crippen molar-refractivity contribution in [3.63, 3.8) is 0 Å². The highest BCUT2D eigenvalue weighted by atomic mass is 32.2. The maximum atomic E-state index is 5.28. The van der Waals surface area contributed by atoms with E-state index in [-0.39, 0.29) is 0 Å². The second-order valence-electron chi connectivity index (χ2n) is 2.78. The summed E-state index contributed by atoms with van der Waals surface area (Å²) in [6.45, 7) is 4.50. The summed E-state index contributed by atoms with van der Waals surface area (Å²) < 4.78 is 9.50. The zero-order valence-electron chi connectivity index (χ0n) is 8.27. The first kappa shape index (κ1) is 10.6. The Morgan fingerprint density at radius 2 is 2.38 bits per heavy atom. The average Bonchev–Trinajstić information content (AvgIpc) is 2.59. The normalized spacial score (nSPS) is 10.6. The summed E-state index contributed by atoms with van der Waals surface area (Å²) in [6.07, 6.45) is 8.31. The van der Waals surface area contributed by atoms with Gasteiger partial charge in [0.1, 0.15) is 12.4 Å². The fraction of sp³-hybridized carbons (Fsp3) is 0.667. The van der Waals surface area contributed by atoms with Gasteiger partial charge in [-0.15, -0.1) is 0 Å². The Bertz CT molecular complexity index is 215. The molecule has 0 N–H and O–H groups in total. The number of aromatic nitrogens is 2. The lowest BCUT2D eigenvalue weighted by Crippen LogP contribution is -2.32. The number of aryl methyl sites for hydroxylation is 1. The van der Waals surface area contributed by atoms with Gasteiger partial charge in [-0.2, -0.15) is 11.8 Å². The SMILES string of the molecule is CCOC[n+]1ccn(CCSC)c1. The molecule has 0 aliphatic heterocycles. The minimum absolute atomic E-state index is 0.656. The summed E-state index contributed by atoms with van der Waals surface area (Å²) >= 11 is 1.86. The van der Waals surface area contributed by atoms with E-state index in [1.807, 2.05) is 29.4 Å². The molecule has 0 amide bonds. The van der Waals surface area contributed by atoms with Crippen LogP contribution in [0.15, 0.2) is 18.7 Å². The Hall–Kier alpha value is -0.480. The van der Waals surface area contributed by atoms with Gasteiger partial charge in [-0.1, -0.05) is 0 Å². The number of hydrogen-bond acceptors (Lipinski definition) is 2. The zero-order chi connectivity index (χ0) is 9.52.